The van der Waals surface area contributed by atoms with E-state index in [1.54, 1.807) is 0 Å². The number of ether oxygens (including phenoxy) is 4. The molecule has 83 heavy (non-hydrogen) atoms. The van der Waals surface area contributed by atoms with Crippen molar-refractivity contribution >= 4 is 17.9 Å². The average Bonchev–Trinajstić information content (AvgIpc) is 3.46. The molecular formula is C74H136NO8+. The van der Waals surface area contributed by atoms with Crippen molar-refractivity contribution in [1.29, 1.82) is 0 Å². The Morgan fingerprint density at radius 3 is 1.04 bits per heavy atom. The van der Waals surface area contributed by atoms with E-state index in [-0.39, 0.29) is 38.2 Å². The molecule has 0 bridgehead atoms. The first-order valence-corrected chi connectivity index (χ1v) is 35.5. The molecule has 0 aliphatic rings. The first kappa shape index (κ1) is 80.0. The van der Waals surface area contributed by atoms with E-state index in [1.807, 2.05) is 21.1 Å². The topological polar surface area (TPSA) is 108 Å². The summed E-state index contributed by atoms with van der Waals surface area (Å²) in [7, 11) is 5.99. The summed E-state index contributed by atoms with van der Waals surface area (Å²) in [6, 6.07) is 0. The summed E-state index contributed by atoms with van der Waals surface area (Å²) in [6.07, 6.45) is 82.0. The fourth-order valence-electron chi connectivity index (χ4n) is 10.4. The van der Waals surface area contributed by atoms with Gasteiger partial charge < -0.3 is 28.5 Å². The number of aliphatic carboxylic acids is 1. The minimum atomic E-state index is -1.51. The molecule has 9 nitrogen and oxygen atoms in total. The summed E-state index contributed by atoms with van der Waals surface area (Å²) in [5.41, 5.74) is 0. The zero-order valence-electron chi connectivity index (χ0n) is 55.4. The van der Waals surface area contributed by atoms with E-state index in [1.165, 1.54) is 244 Å². The molecule has 0 aliphatic carbocycles. The minimum Gasteiger partial charge on any atom is -0.477 e. The number of quaternary nitrogens is 1. The van der Waals surface area contributed by atoms with Crippen LogP contribution in [-0.2, 0) is 33.3 Å². The molecule has 0 fully saturated rings. The van der Waals surface area contributed by atoms with Crippen molar-refractivity contribution in [2.24, 2.45) is 0 Å². The lowest BCUT2D eigenvalue weighted by Gasteiger charge is -2.25. The third-order valence-electron chi connectivity index (χ3n) is 15.8. The Balaban J connectivity index is 4.04. The van der Waals surface area contributed by atoms with Gasteiger partial charge in [-0.3, -0.25) is 9.59 Å². The van der Waals surface area contributed by atoms with E-state index in [2.05, 4.69) is 74.6 Å². The van der Waals surface area contributed by atoms with Crippen LogP contribution in [0.25, 0.3) is 0 Å². The van der Waals surface area contributed by atoms with Gasteiger partial charge in [0.15, 0.2) is 6.10 Å². The van der Waals surface area contributed by atoms with Crippen molar-refractivity contribution in [2.75, 3.05) is 47.5 Å². The van der Waals surface area contributed by atoms with Crippen molar-refractivity contribution in [2.45, 2.75) is 347 Å². The first-order chi connectivity index (χ1) is 40.6. The largest absolute Gasteiger partial charge is 0.477 e. The third-order valence-corrected chi connectivity index (χ3v) is 15.8. The number of carboxylic acids is 1. The first-order valence-electron chi connectivity index (χ1n) is 35.5. The summed E-state index contributed by atoms with van der Waals surface area (Å²) >= 11 is 0. The highest BCUT2D eigenvalue weighted by molar-refractivity contribution is 5.71. The summed E-state index contributed by atoms with van der Waals surface area (Å²) < 4.78 is 23.0. The van der Waals surface area contributed by atoms with Crippen molar-refractivity contribution < 1.29 is 42.9 Å². The maximum atomic E-state index is 12.9. The van der Waals surface area contributed by atoms with Crippen LogP contribution in [-0.4, -0.2) is 87.4 Å². The molecule has 0 amide bonds. The summed E-state index contributed by atoms with van der Waals surface area (Å²) in [5.74, 6) is -1.98. The highest BCUT2D eigenvalue weighted by atomic mass is 16.7. The lowest BCUT2D eigenvalue weighted by molar-refractivity contribution is -0.870. The van der Waals surface area contributed by atoms with Gasteiger partial charge >= 0.3 is 17.9 Å². The van der Waals surface area contributed by atoms with Crippen LogP contribution in [0, 0.1) is 0 Å². The highest BCUT2D eigenvalue weighted by Gasteiger charge is 2.25. The number of allylic oxidation sites excluding steroid dienone is 10. The molecule has 0 saturated heterocycles. The minimum absolute atomic E-state index is 0.179. The molecular weight excluding hydrogens is 1030 g/mol. The Labute approximate surface area is 514 Å². The van der Waals surface area contributed by atoms with Crippen LogP contribution in [0.5, 0.6) is 0 Å². The number of unbranched alkanes of at least 4 members (excludes halogenated alkanes) is 41. The van der Waals surface area contributed by atoms with Crippen molar-refractivity contribution in [3.63, 3.8) is 0 Å². The molecule has 0 heterocycles. The van der Waals surface area contributed by atoms with Gasteiger partial charge in [-0.2, -0.15) is 0 Å². The van der Waals surface area contributed by atoms with Gasteiger partial charge in [0.1, 0.15) is 13.2 Å². The van der Waals surface area contributed by atoms with E-state index >= 15 is 0 Å². The van der Waals surface area contributed by atoms with Crippen LogP contribution in [0.1, 0.15) is 335 Å². The molecule has 0 aromatic rings. The van der Waals surface area contributed by atoms with Crippen molar-refractivity contribution in [3.8, 4) is 0 Å². The SMILES string of the molecule is CC/C=C\C/C=C\C/C=C\C/C=C\CCCCCCCCCCCCCCCCCCCCCCCCC(=O)OC(COC(=O)CCCCCCCCCCCCC/C=C\CCCCCCCCCC)COC(OCC[N+](C)(C)C)C(=O)O. The van der Waals surface area contributed by atoms with E-state index in [9.17, 15) is 19.5 Å². The monoisotopic (exact) mass is 1170 g/mol. The zero-order chi connectivity index (χ0) is 60.5. The van der Waals surface area contributed by atoms with Crippen LogP contribution in [0.15, 0.2) is 60.8 Å². The van der Waals surface area contributed by atoms with E-state index in [0.29, 0.717) is 17.4 Å². The third kappa shape index (κ3) is 66.4. The predicted molar refractivity (Wildman–Crippen MR) is 355 cm³/mol. The van der Waals surface area contributed by atoms with Crippen LogP contribution in [0.3, 0.4) is 0 Å². The average molecular weight is 1170 g/mol. The molecule has 0 aromatic heterocycles. The number of esters is 2. The van der Waals surface area contributed by atoms with E-state index < -0.39 is 18.4 Å². The maximum absolute atomic E-state index is 12.9. The Morgan fingerprint density at radius 2 is 0.687 bits per heavy atom. The van der Waals surface area contributed by atoms with Crippen LogP contribution >= 0.6 is 0 Å². The molecule has 0 spiro atoms. The lowest BCUT2D eigenvalue weighted by Crippen LogP contribution is -2.40. The van der Waals surface area contributed by atoms with Gasteiger partial charge in [0.2, 0.25) is 0 Å². The lowest BCUT2D eigenvalue weighted by atomic mass is 10.0. The fourth-order valence-corrected chi connectivity index (χ4v) is 10.4. The zero-order valence-corrected chi connectivity index (χ0v) is 55.4. The predicted octanol–water partition coefficient (Wildman–Crippen LogP) is 21.9. The van der Waals surface area contributed by atoms with Crippen LogP contribution < -0.4 is 0 Å². The second-order valence-corrected chi connectivity index (χ2v) is 25.2. The van der Waals surface area contributed by atoms with Gasteiger partial charge in [-0.15, -0.1) is 0 Å². The Morgan fingerprint density at radius 1 is 0.373 bits per heavy atom. The van der Waals surface area contributed by atoms with E-state index in [4.69, 9.17) is 18.9 Å². The highest BCUT2D eigenvalue weighted by Crippen LogP contribution is 2.18. The molecule has 0 radical (unpaired) electrons. The van der Waals surface area contributed by atoms with Gasteiger partial charge in [-0.25, -0.2) is 4.79 Å². The van der Waals surface area contributed by atoms with Crippen molar-refractivity contribution in [3.05, 3.63) is 60.8 Å². The summed E-state index contributed by atoms with van der Waals surface area (Å²) in [4.78, 5) is 37.6. The number of nitrogens with zero attached hydrogens (tertiary/aromatic N) is 1. The molecule has 2 unspecified atom stereocenters. The number of carbonyl (C=O) groups is 3. The Kier molecular flexibility index (Phi) is 62.6. The van der Waals surface area contributed by atoms with Crippen LogP contribution in [0.4, 0.5) is 0 Å². The number of hydrogen-bond acceptors (Lipinski definition) is 7. The van der Waals surface area contributed by atoms with Gasteiger partial charge in [-0.1, -0.05) is 306 Å². The Bertz CT molecular complexity index is 1550. The standard InChI is InChI=1S/C74H135NO8/c1-6-8-10-12-14-16-18-20-22-24-26-28-30-31-32-33-34-35-36-37-38-39-40-41-43-45-47-49-51-53-55-57-59-61-63-65-72(77)83-70(69-82-74(73(78)79)80-67-66-75(3,4)5)68-81-71(76)64-62-60-58-56-54-52-50-48-46-44-42-29-27-25-23-21-19-17-15-13-11-9-7-2/h8,10,14,16,20,22,25-28,70,74H,6-7,9,11-13,15,17-19,21,23-24,29-69H2,1-5H3/p+1/b10-8-,16-14-,22-20-,27-25-,28-26-. The van der Waals surface area contributed by atoms with Crippen molar-refractivity contribution in [1.82, 2.24) is 0 Å². The molecule has 0 rings (SSSR count). The van der Waals surface area contributed by atoms with Gasteiger partial charge in [0, 0.05) is 12.8 Å². The number of likely N-dealkylation sites (N-methyl/N-ethyl adjacent to an activating group) is 1. The molecule has 484 valence electrons. The quantitative estimate of drug-likeness (QED) is 0.0211. The van der Waals surface area contributed by atoms with E-state index in [0.717, 1.165) is 64.2 Å². The number of hydrogen-bond donors (Lipinski definition) is 1. The van der Waals surface area contributed by atoms with Gasteiger partial charge in [-0.05, 0) is 77.0 Å². The molecule has 0 aromatic carbocycles. The normalized spacial score (nSPS) is 13.0. The number of carbonyl (C=O) groups excluding carboxylic acids is 2. The number of rotatable bonds is 66. The maximum Gasteiger partial charge on any atom is 0.361 e. The fraction of sp³-hybridized carbons (Fsp3) is 0.824. The molecule has 9 heteroatoms. The second kappa shape index (κ2) is 65.0. The van der Waals surface area contributed by atoms with Gasteiger partial charge in [0.05, 0.1) is 34.4 Å². The number of carboxylic acid groups (broad SMARTS) is 1. The molecule has 0 saturated carbocycles. The van der Waals surface area contributed by atoms with Crippen LogP contribution in [0.2, 0.25) is 0 Å². The summed E-state index contributed by atoms with van der Waals surface area (Å²) in [5, 5.41) is 9.75. The molecule has 0 aliphatic heterocycles. The molecule has 2 atom stereocenters. The second-order valence-electron chi connectivity index (χ2n) is 25.2. The smallest absolute Gasteiger partial charge is 0.361 e. The molecule has 1 N–H and O–H groups in total. The van der Waals surface area contributed by atoms with Gasteiger partial charge in [0.25, 0.3) is 6.29 Å². The Hall–Kier alpha value is -3.01. The summed E-state index contributed by atoms with van der Waals surface area (Å²) in [6.45, 7) is 4.82.